The Morgan fingerprint density at radius 2 is 2.05 bits per heavy atom. The van der Waals surface area contributed by atoms with Crippen LogP contribution in [0, 0.1) is 6.92 Å². The molecule has 0 aromatic heterocycles. The minimum Gasteiger partial charge on any atom is -0.479 e. The summed E-state index contributed by atoms with van der Waals surface area (Å²) in [6.07, 6.45) is -1.42. The topological polar surface area (TPSA) is 86.6 Å². The summed E-state index contributed by atoms with van der Waals surface area (Å²) < 4.78 is 0. The zero-order valence-corrected chi connectivity index (χ0v) is 11.4. The van der Waals surface area contributed by atoms with Gasteiger partial charge in [-0.15, -0.1) is 11.8 Å². The minimum atomic E-state index is -1.43. The van der Waals surface area contributed by atoms with Gasteiger partial charge in [-0.25, -0.2) is 4.79 Å². The predicted octanol–water partition coefficient (Wildman–Crippen LogP) is 1.04. The van der Waals surface area contributed by atoms with Crippen molar-refractivity contribution in [3.05, 3.63) is 29.8 Å². The number of nitrogens with one attached hydrogen (secondary N) is 1. The molecule has 0 aliphatic heterocycles. The van der Waals surface area contributed by atoms with Gasteiger partial charge in [-0.3, -0.25) is 4.79 Å². The van der Waals surface area contributed by atoms with E-state index in [-0.39, 0.29) is 24.6 Å². The lowest BCUT2D eigenvalue weighted by atomic mass is 10.2. The summed E-state index contributed by atoms with van der Waals surface area (Å²) in [5.74, 6) is -1.18. The van der Waals surface area contributed by atoms with E-state index in [0.717, 1.165) is 10.5 Å². The Bertz CT molecular complexity index is 450. The molecule has 104 valence electrons. The van der Waals surface area contributed by atoms with E-state index in [0.29, 0.717) is 0 Å². The van der Waals surface area contributed by atoms with Gasteiger partial charge in [-0.1, -0.05) is 18.2 Å². The number of carbonyl (C=O) groups excluding carboxylic acids is 1. The first-order chi connectivity index (χ1) is 9.00. The maximum atomic E-state index is 11.5. The number of benzene rings is 1. The Kier molecular flexibility index (Phi) is 6.38. The minimum absolute atomic E-state index is 0.0100. The van der Waals surface area contributed by atoms with Crippen molar-refractivity contribution >= 4 is 23.6 Å². The molecule has 0 spiro atoms. The van der Waals surface area contributed by atoms with Gasteiger partial charge in [0.1, 0.15) is 0 Å². The summed E-state index contributed by atoms with van der Waals surface area (Å²) in [6.45, 7) is 2.13. The molecule has 0 aliphatic carbocycles. The molecule has 0 heterocycles. The molecular formula is C13H17NO4S. The third kappa shape index (κ3) is 5.76. The van der Waals surface area contributed by atoms with Crippen molar-refractivity contribution in [2.24, 2.45) is 0 Å². The zero-order chi connectivity index (χ0) is 14.3. The van der Waals surface area contributed by atoms with Gasteiger partial charge in [0, 0.05) is 17.9 Å². The van der Waals surface area contributed by atoms with Gasteiger partial charge < -0.3 is 15.5 Å². The fourth-order valence-electron chi connectivity index (χ4n) is 1.38. The van der Waals surface area contributed by atoms with Crippen molar-refractivity contribution in [1.29, 1.82) is 0 Å². The molecule has 5 nitrogen and oxygen atoms in total. The van der Waals surface area contributed by atoms with Crippen molar-refractivity contribution in [1.82, 2.24) is 5.32 Å². The van der Waals surface area contributed by atoms with Crippen LogP contribution >= 0.6 is 11.8 Å². The molecule has 6 heteroatoms. The smallest absolute Gasteiger partial charge is 0.332 e. The standard InChI is InChI=1S/C13H17NO4S/c1-9-4-2-3-5-11(9)19-8-12(16)14-7-6-10(15)13(17)18/h2-5,10,15H,6-8H2,1H3,(H,14,16)(H,17,18)/t10-/m0/s1. The maximum absolute atomic E-state index is 11.5. The molecular weight excluding hydrogens is 266 g/mol. The average Bonchev–Trinajstić information content (AvgIpc) is 2.37. The number of aliphatic hydroxyl groups is 1. The molecule has 0 saturated heterocycles. The highest BCUT2D eigenvalue weighted by Crippen LogP contribution is 2.21. The molecule has 0 fully saturated rings. The molecule has 3 N–H and O–H groups in total. The van der Waals surface area contributed by atoms with Crippen LogP contribution in [0.1, 0.15) is 12.0 Å². The first kappa shape index (κ1) is 15.5. The van der Waals surface area contributed by atoms with Crippen LogP contribution in [0.3, 0.4) is 0 Å². The monoisotopic (exact) mass is 283 g/mol. The second-order valence-corrected chi connectivity index (χ2v) is 5.06. The molecule has 1 rings (SSSR count). The first-order valence-electron chi connectivity index (χ1n) is 5.86. The highest BCUT2D eigenvalue weighted by molar-refractivity contribution is 8.00. The largest absolute Gasteiger partial charge is 0.479 e. The Labute approximate surface area is 116 Å². The van der Waals surface area contributed by atoms with Crippen LogP contribution in [0.15, 0.2) is 29.2 Å². The summed E-state index contributed by atoms with van der Waals surface area (Å²) in [5.41, 5.74) is 1.11. The Morgan fingerprint density at radius 1 is 1.37 bits per heavy atom. The highest BCUT2D eigenvalue weighted by atomic mass is 32.2. The van der Waals surface area contributed by atoms with Crippen LogP contribution in [0.2, 0.25) is 0 Å². The number of carboxylic acids is 1. The fourth-order valence-corrected chi connectivity index (χ4v) is 2.24. The summed E-state index contributed by atoms with van der Waals surface area (Å²) in [4.78, 5) is 22.9. The van der Waals surface area contributed by atoms with E-state index in [1.165, 1.54) is 11.8 Å². The van der Waals surface area contributed by atoms with Crippen LogP contribution in [-0.2, 0) is 9.59 Å². The number of hydrogen-bond acceptors (Lipinski definition) is 4. The summed E-state index contributed by atoms with van der Waals surface area (Å²) in [5, 5.41) is 20.1. The van der Waals surface area contributed by atoms with E-state index in [1.54, 1.807) is 0 Å². The lowest BCUT2D eigenvalue weighted by Crippen LogP contribution is -2.31. The Hall–Kier alpha value is -1.53. The van der Waals surface area contributed by atoms with E-state index in [9.17, 15) is 9.59 Å². The van der Waals surface area contributed by atoms with Gasteiger partial charge in [0.15, 0.2) is 6.10 Å². The molecule has 0 aliphatic rings. The quantitative estimate of drug-likeness (QED) is 0.651. The van der Waals surface area contributed by atoms with Crippen molar-refractivity contribution in [3.8, 4) is 0 Å². The van der Waals surface area contributed by atoms with Crippen LogP contribution in [-0.4, -0.2) is 40.5 Å². The zero-order valence-electron chi connectivity index (χ0n) is 10.6. The highest BCUT2D eigenvalue weighted by Gasteiger charge is 2.12. The molecule has 1 aromatic carbocycles. The predicted molar refractivity (Wildman–Crippen MR) is 73.2 cm³/mol. The number of aliphatic carboxylic acids is 1. The number of carbonyl (C=O) groups is 2. The summed E-state index contributed by atoms with van der Waals surface area (Å²) in [6, 6.07) is 7.77. The van der Waals surface area contributed by atoms with Gasteiger partial charge in [-0.05, 0) is 18.6 Å². The molecule has 1 atom stereocenters. The van der Waals surface area contributed by atoms with Crippen LogP contribution in [0.4, 0.5) is 0 Å². The van der Waals surface area contributed by atoms with Gasteiger partial charge in [-0.2, -0.15) is 0 Å². The van der Waals surface area contributed by atoms with Gasteiger partial charge >= 0.3 is 5.97 Å². The molecule has 0 radical (unpaired) electrons. The fraction of sp³-hybridized carbons (Fsp3) is 0.385. The molecule has 0 unspecified atom stereocenters. The van der Waals surface area contributed by atoms with E-state index in [4.69, 9.17) is 10.2 Å². The van der Waals surface area contributed by atoms with E-state index < -0.39 is 12.1 Å². The number of thioether (sulfide) groups is 1. The van der Waals surface area contributed by atoms with Crippen LogP contribution < -0.4 is 5.32 Å². The summed E-state index contributed by atoms with van der Waals surface area (Å²) >= 11 is 1.43. The molecule has 0 saturated carbocycles. The van der Waals surface area contributed by atoms with Crippen LogP contribution in [0.25, 0.3) is 0 Å². The van der Waals surface area contributed by atoms with Crippen molar-refractivity contribution in [3.63, 3.8) is 0 Å². The third-order valence-electron chi connectivity index (χ3n) is 2.48. The second-order valence-electron chi connectivity index (χ2n) is 4.05. The second kappa shape index (κ2) is 7.81. The maximum Gasteiger partial charge on any atom is 0.332 e. The van der Waals surface area contributed by atoms with E-state index in [1.807, 2.05) is 31.2 Å². The molecule has 1 amide bonds. The number of aliphatic hydroxyl groups excluding tert-OH is 1. The van der Waals surface area contributed by atoms with Crippen molar-refractivity contribution in [2.75, 3.05) is 12.3 Å². The number of rotatable bonds is 7. The Morgan fingerprint density at radius 3 is 2.68 bits per heavy atom. The van der Waals surface area contributed by atoms with Crippen LogP contribution in [0.5, 0.6) is 0 Å². The van der Waals surface area contributed by atoms with E-state index in [2.05, 4.69) is 5.32 Å². The number of amides is 1. The van der Waals surface area contributed by atoms with Crippen molar-refractivity contribution in [2.45, 2.75) is 24.3 Å². The van der Waals surface area contributed by atoms with Gasteiger partial charge in [0.05, 0.1) is 5.75 Å². The van der Waals surface area contributed by atoms with Gasteiger partial charge in [0.2, 0.25) is 5.91 Å². The lowest BCUT2D eigenvalue weighted by molar-refractivity contribution is -0.147. The molecule has 0 bridgehead atoms. The van der Waals surface area contributed by atoms with Gasteiger partial charge in [0.25, 0.3) is 0 Å². The lowest BCUT2D eigenvalue weighted by Gasteiger charge is -2.08. The SMILES string of the molecule is Cc1ccccc1SCC(=O)NCC[C@H](O)C(=O)O. The van der Waals surface area contributed by atoms with E-state index >= 15 is 0 Å². The van der Waals surface area contributed by atoms with Crippen molar-refractivity contribution < 1.29 is 19.8 Å². The Balaban J connectivity index is 2.25. The number of hydrogen-bond donors (Lipinski definition) is 3. The molecule has 19 heavy (non-hydrogen) atoms. The third-order valence-corrected chi connectivity index (χ3v) is 3.65. The number of aryl methyl sites for hydroxylation is 1. The average molecular weight is 283 g/mol. The first-order valence-corrected chi connectivity index (χ1v) is 6.85. The molecule has 1 aromatic rings. The normalized spacial score (nSPS) is 11.9. The summed E-state index contributed by atoms with van der Waals surface area (Å²) in [7, 11) is 0. The number of carboxylic acid groups (broad SMARTS) is 1.